The van der Waals surface area contributed by atoms with Gasteiger partial charge in [0, 0.05) is 33.3 Å². The number of aromatic nitrogens is 2. The summed E-state index contributed by atoms with van der Waals surface area (Å²) in [6, 6.07) is 13.5. The summed E-state index contributed by atoms with van der Waals surface area (Å²) in [5, 5.41) is 6.04. The maximum absolute atomic E-state index is 12.9. The molecule has 152 valence electrons. The monoisotopic (exact) mass is 445 g/mol. The van der Waals surface area contributed by atoms with Crippen molar-refractivity contribution in [2.75, 3.05) is 5.32 Å². The Bertz CT molecular complexity index is 1380. The van der Waals surface area contributed by atoms with Gasteiger partial charge < -0.3 is 5.32 Å². The molecule has 4 aromatic rings. The summed E-state index contributed by atoms with van der Waals surface area (Å²) in [5.74, 6) is -0.623. The van der Waals surface area contributed by atoms with E-state index in [9.17, 15) is 14.4 Å². The Morgan fingerprint density at radius 3 is 2.45 bits per heavy atom. The molecule has 1 aliphatic carbocycles. The molecule has 2 aromatic heterocycles. The third kappa shape index (κ3) is 3.43. The van der Waals surface area contributed by atoms with E-state index in [1.807, 2.05) is 11.4 Å². The highest BCUT2D eigenvalue weighted by molar-refractivity contribution is 8.00. The molecule has 0 bridgehead atoms. The van der Waals surface area contributed by atoms with Gasteiger partial charge in [-0.1, -0.05) is 36.0 Å². The first-order valence-corrected chi connectivity index (χ1v) is 11.3. The fraction of sp³-hybridized carbons (Fsp3) is 0.0870. The number of nitrogens with one attached hydrogen (secondary N) is 1. The Morgan fingerprint density at radius 2 is 1.68 bits per heavy atom. The lowest BCUT2D eigenvalue weighted by molar-refractivity contribution is -0.115. The molecule has 1 aliphatic rings. The molecule has 0 saturated carbocycles. The topological polar surface area (TPSA) is 89.0 Å². The highest BCUT2D eigenvalue weighted by Crippen LogP contribution is 2.32. The normalized spacial score (nSPS) is 13.6. The molecule has 5 rings (SSSR count). The minimum absolute atomic E-state index is 0.185. The number of nitrogens with zero attached hydrogens (tertiary/aromatic N) is 2. The number of rotatable bonds is 4. The Balaban J connectivity index is 1.37. The van der Waals surface area contributed by atoms with E-state index >= 15 is 0 Å². The Kier molecular flexibility index (Phi) is 4.88. The molecular weight excluding hydrogens is 430 g/mol. The molecule has 1 amide bonds. The molecule has 0 aliphatic heterocycles. The number of benzene rings is 2. The number of fused-ring (bicyclic) bond motifs is 3. The molecule has 8 heteroatoms. The summed E-state index contributed by atoms with van der Waals surface area (Å²) in [4.78, 5) is 47.8. The van der Waals surface area contributed by atoms with Crippen molar-refractivity contribution in [1.29, 1.82) is 0 Å². The minimum atomic E-state index is -0.424. The molecule has 0 fully saturated rings. The highest BCUT2D eigenvalue weighted by atomic mass is 32.2. The molecule has 1 N–H and O–H groups in total. The largest absolute Gasteiger partial charge is 0.325 e. The van der Waals surface area contributed by atoms with Crippen molar-refractivity contribution >= 4 is 56.5 Å². The van der Waals surface area contributed by atoms with Gasteiger partial charge in [-0.3, -0.25) is 14.4 Å². The van der Waals surface area contributed by atoms with Gasteiger partial charge in [0.15, 0.2) is 11.6 Å². The molecule has 2 aromatic carbocycles. The van der Waals surface area contributed by atoms with Gasteiger partial charge in [-0.2, -0.15) is 0 Å². The van der Waals surface area contributed by atoms with Gasteiger partial charge in [0.2, 0.25) is 5.91 Å². The number of ketones is 2. The lowest BCUT2D eigenvalue weighted by Crippen LogP contribution is -2.24. The van der Waals surface area contributed by atoms with E-state index in [1.54, 1.807) is 49.4 Å². The smallest absolute Gasteiger partial charge is 0.237 e. The highest BCUT2D eigenvalue weighted by Gasteiger charge is 2.29. The van der Waals surface area contributed by atoms with Gasteiger partial charge in [0.25, 0.3) is 0 Å². The quantitative estimate of drug-likeness (QED) is 0.322. The van der Waals surface area contributed by atoms with Crippen LogP contribution in [-0.2, 0) is 4.79 Å². The van der Waals surface area contributed by atoms with Crippen LogP contribution >= 0.6 is 23.1 Å². The fourth-order valence-corrected chi connectivity index (χ4v) is 5.20. The number of thioether (sulfide) groups is 1. The number of carbonyl (C=O) groups is 3. The second-order valence-electron chi connectivity index (χ2n) is 7.03. The predicted octanol–water partition coefficient (Wildman–Crippen LogP) is 4.59. The molecule has 0 radical (unpaired) electrons. The summed E-state index contributed by atoms with van der Waals surface area (Å²) >= 11 is 2.87. The van der Waals surface area contributed by atoms with Crippen molar-refractivity contribution in [2.45, 2.75) is 17.2 Å². The van der Waals surface area contributed by atoms with Gasteiger partial charge in [-0.25, -0.2) is 9.97 Å². The zero-order chi connectivity index (χ0) is 21.5. The zero-order valence-corrected chi connectivity index (χ0v) is 17.9. The fourth-order valence-electron chi connectivity index (χ4n) is 3.50. The summed E-state index contributed by atoms with van der Waals surface area (Å²) in [6.07, 6.45) is 1.50. The van der Waals surface area contributed by atoms with E-state index < -0.39 is 5.25 Å². The third-order valence-corrected chi connectivity index (χ3v) is 7.01. The second kappa shape index (κ2) is 7.72. The molecule has 1 atom stereocenters. The second-order valence-corrected chi connectivity index (χ2v) is 9.26. The first-order valence-electron chi connectivity index (χ1n) is 9.51. The molecule has 0 unspecified atom stereocenters. The molecule has 0 spiro atoms. The first kappa shape index (κ1) is 19.6. The number of thiophene rings is 1. The molecular formula is C23H15N3O3S2. The van der Waals surface area contributed by atoms with Crippen LogP contribution in [-0.4, -0.2) is 32.7 Å². The minimum Gasteiger partial charge on any atom is -0.325 e. The van der Waals surface area contributed by atoms with Crippen LogP contribution in [0.15, 0.2) is 65.3 Å². The Morgan fingerprint density at radius 1 is 0.968 bits per heavy atom. The van der Waals surface area contributed by atoms with Crippen molar-refractivity contribution in [3.8, 4) is 0 Å². The van der Waals surface area contributed by atoms with Gasteiger partial charge in [-0.05, 0) is 36.6 Å². The van der Waals surface area contributed by atoms with Crippen LogP contribution in [0.2, 0.25) is 0 Å². The predicted molar refractivity (Wildman–Crippen MR) is 121 cm³/mol. The van der Waals surface area contributed by atoms with Crippen molar-refractivity contribution < 1.29 is 14.4 Å². The van der Waals surface area contributed by atoms with E-state index in [4.69, 9.17) is 0 Å². The van der Waals surface area contributed by atoms with Crippen molar-refractivity contribution in [1.82, 2.24) is 9.97 Å². The summed E-state index contributed by atoms with van der Waals surface area (Å²) in [7, 11) is 0. The van der Waals surface area contributed by atoms with Gasteiger partial charge in [-0.15, -0.1) is 11.3 Å². The van der Waals surface area contributed by atoms with Crippen LogP contribution < -0.4 is 5.32 Å². The lowest BCUT2D eigenvalue weighted by atomic mass is 9.84. The van der Waals surface area contributed by atoms with Crippen molar-refractivity contribution in [3.63, 3.8) is 0 Å². The van der Waals surface area contributed by atoms with Crippen molar-refractivity contribution in [2.24, 2.45) is 0 Å². The zero-order valence-electron chi connectivity index (χ0n) is 16.3. The average molecular weight is 446 g/mol. The molecule has 6 nitrogen and oxygen atoms in total. The summed E-state index contributed by atoms with van der Waals surface area (Å²) < 4.78 is 0. The number of amides is 1. The Hall–Kier alpha value is -3.36. The third-order valence-electron chi connectivity index (χ3n) is 5.08. The van der Waals surface area contributed by atoms with Gasteiger partial charge >= 0.3 is 0 Å². The molecule has 0 saturated heterocycles. The number of carbonyl (C=O) groups excluding carboxylic acids is 3. The Labute approximate surface area is 185 Å². The molecule has 31 heavy (non-hydrogen) atoms. The number of hydrogen-bond donors (Lipinski definition) is 1. The van der Waals surface area contributed by atoms with E-state index in [-0.39, 0.29) is 17.5 Å². The number of hydrogen-bond acceptors (Lipinski definition) is 7. The lowest BCUT2D eigenvalue weighted by Gasteiger charge is -2.18. The first-order chi connectivity index (χ1) is 15.0. The van der Waals surface area contributed by atoms with Crippen LogP contribution in [0.25, 0.3) is 10.2 Å². The van der Waals surface area contributed by atoms with Crippen LogP contribution in [0.4, 0.5) is 5.69 Å². The molecule has 2 heterocycles. The van der Waals surface area contributed by atoms with E-state index in [0.29, 0.717) is 27.9 Å². The summed E-state index contributed by atoms with van der Waals surface area (Å²) in [5.41, 5.74) is 1.92. The van der Waals surface area contributed by atoms with Crippen LogP contribution in [0.3, 0.4) is 0 Å². The van der Waals surface area contributed by atoms with E-state index in [2.05, 4.69) is 15.3 Å². The SMILES string of the molecule is C[C@@H](Sc1ncnc2sccc12)C(=O)Nc1ccc2c(c1)C(=O)c1ccccc1C2=O. The van der Waals surface area contributed by atoms with Crippen LogP contribution in [0.1, 0.15) is 38.8 Å². The maximum atomic E-state index is 12.9. The summed E-state index contributed by atoms with van der Waals surface area (Å²) in [6.45, 7) is 1.80. The van der Waals surface area contributed by atoms with Gasteiger partial charge in [0.1, 0.15) is 16.2 Å². The van der Waals surface area contributed by atoms with Crippen LogP contribution in [0, 0.1) is 0 Å². The average Bonchev–Trinajstić information content (AvgIpc) is 3.27. The van der Waals surface area contributed by atoms with Gasteiger partial charge in [0.05, 0.1) is 5.25 Å². The standard InChI is InChI=1S/C23H15N3O3S2/c1-12(31-23-17-8-9-30-22(17)24-11-25-23)21(29)26-13-6-7-16-18(10-13)20(28)15-5-3-2-4-14(15)19(16)27/h2-12H,1H3,(H,26,29)/t12-/m1/s1. The van der Waals surface area contributed by atoms with E-state index in [0.717, 1.165) is 15.2 Å². The van der Waals surface area contributed by atoms with Crippen LogP contribution in [0.5, 0.6) is 0 Å². The van der Waals surface area contributed by atoms with E-state index in [1.165, 1.54) is 29.4 Å². The van der Waals surface area contributed by atoms with Crippen molar-refractivity contribution in [3.05, 3.63) is 82.5 Å². The number of anilines is 1. The maximum Gasteiger partial charge on any atom is 0.237 e.